The molecule has 4 heteroatoms. The highest BCUT2D eigenvalue weighted by Crippen LogP contribution is 2.30. The Morgan fingerprint density at radius 2 is 2.36 bits per heavy atom. The van der Waals surface area contributed by atoms with Crippen LogP contribution in [0.2, 0.25) is 0 Å². The number of hydrogen-bond donors (Lipinski definition) is 2. The van der Waals surface area contributed by atoms with E-state index < -0.39 is 0 Å². The van der Waals surface area contributed by atoms with Gasteiger partial charge in [0, 0.05) is 19.5 Å². The van der Waals surface area contributed by atoms with Crippen LogP contribution in [0.3, 0.4) is 0 Å². The van der Waals surface area contributed by atoms with E-state index in [-0.39, 0.29) is 11.4 Å². The van der Waals surface area contributed by atoms with Crippen molar-refractivity contribution in [3.63, 3.8) is 0 Å². The fraction of sp³-hybridized carbons (Fsp3) is 0.857. The second kappa shape index (κ2) is 2.38. The highest BCUT2D eigenvalue weighted by molar-refractivity contribution is 7.77. The van der Waals surface area contributed by atoms with Crippen LogP contribution < -0.4 is 5.32 Å². The fourth-order valence-electron chi connectivity index (χ4n) is 1.93. The summed E-state index contributed by atoms with van der Waals surface area (Å²) in [4.78, 5) is 11.0. The molecule has 62 valence electrons. The zero-order chi connectivity index (χ0) is 7.90. The van der Waals surface area contributed by atoms with E-state index >= 15 is 0 Å². The van der Waals surface area contributed by atoms with Gasteiger partial charge in [0.05, 0.1) is 5.54 Å². The molecule has 0 aliphatic carbocycles. The summed E-state index contributed by atoms with van der Waals surface area (Å²) < 4.78 is 1.98. The zero-order valence-corrected chi connectivity index (χ0v) is 7.23. The molecule has 0 radical (unpaired) electrons. The minimum absolute atomic E-state index is 0.0822. The van der Waals surface area contributed by atoms with E-state index in [1.54, 1.807) is 0 Å². The van der Waals surface area contributed by atoms with Crippen LogP contribution in [0.25, 0.3) is 0 Å². The standard InChI is InChI=1S/C7H12N2OS/c10-6-1-2-7(8-6)3-4-9(11)5-7/h11H,1-5H2,(H,8,10). The summed E-state index contributed by atoms with van der Waals surface area (Å²) in [6.07, 6.45) is 2.74. The molecular weight excluding hydrogens is 160 g/mol. The van der Waals surface area contributed by atoms with Crippen LogP contribution in [-0.4, -0.2) is 28.8 Å². The van der Waals surface area contributed by atoms with Crippen LogP contribution in [-0.2, 0) is 4.79 Å². The smallest absolute Gasteiger partial charge is 0.220 e. The van der Waals surface area contributed by atoms with E-state index in [1.807, 2.05) is 4.31 Å². The van der Waals surface area contributed by atoms with Crippen LogP contribution in [0.1, 0.15) is 19.3 Å². The van der Waals surface area contributed by atoms with Crippen molar-refractivity contribution in [3.05, 3.63) is 0 Å². The third-order valence-corrected chi connectivity index (χ3v) is 2.91. The van der Waals surface area contributed by atoms with Gasteiger partial charge in [-0.2, -0.15) is 0 Å². The molecule has 1 N–H and O–H groups in total. The molecule has 0 aromatic heterocycles. The Kier molecular flexibility index (Phi) is 1.61. The summed E-state index contributed by atoms with van der Waals surface area (Å²) in [7, 11) is 0. The SMILES string of the molecule is O=C1CCC2(CCN(S)C2)N1. The van der Waals surface area contributed by atoms with Crippen molar-refractivity contribution >= 4 is 18.7 Å². The van der Waals surface area contributed by atoms with Crippen LogP contribution >= 0.6 is 12.8 Å². The molecule has 2 saturated heterocycles. The number of thiol groups is 1. The minimum atomic E-state index is 0.0822. The molecule has 2 aliphatic rings. The summed E-state index contributed by atoms with van der Waals surface area (Å²) in [6, 6.07) is 0. The van der Waals surface area contributed by atoms with Gasteiger partial charge in [-0.3, -0.25) is 9.10 Å². The van der Waals surface area contributed by atoms with Crippen molar-refractivity contribution in [1.82, 2.24) is 9.62 Å². The molecule has 0 bridgehead atoms. The Bertz CT molecular complexity index is 197. The highest BCUT2D eigenvalue weighted by atomic mass is 32.1. The van der Waals surface area contributed by atoms with Crippen molar-refractivity contribution in [2.45, 2.75) is 24.8 Å². The third-order valence-electron chi connectivity index (χ3n) is 2.57. The normalized spacial score (nSPS) is 38.5. The minimum Gasteiger partial charge on any atom is -0.349 e. The molecule has 0 saturated carbocycles. The van der Waals surface area contributed by atoms with E-state index in [9.17, 15) is 4.79 Å². The predicted molar refractivity (Wildman–Crippen MR) is 45.3 cm³/mol. The lowest BCUT2D eigenvalue weighted by atomic mass is 9.97. The van der Waals surface area contributed by atoms with Gasteiger partial charge in [0.1, 0.15) is 0 Å². The number of hydrogen-bond acceptors (Lipinski definition) is 3. The molecule has 3 nitrogen and oxygen atoms in total. The molecule has 2 rings (SSSR count). The van der Waals surface area contributed by atoms with Crippen molar-refractivity contribution in [1.29, 1.82) is 0 Å². The molecule has 0 aromatic carbocycles. The first-order valence-electron chi connectivity index (χ1n) is 3.95. The van der Waals surface area contributed by atoms with Crippen molar-refractivity contribution in [2.24, 2.45) is 0 Å². The molecule has 2 aliphatic heterocycles. The quantitative estimate of drug-likeness (QED) is 0.511. The van der Waals surface area contributed by atoms with Gasteiger partial charge < -0.3 is 5.32 Å². The molecule has 1 amide bonds. The number of carbonyl (C=O) groups is 1. The van der Waals surface area contributed by atoms with Gasteiger partial charge in [0.2, 0.25) is 5.91 Å². The van der Waals surface area contributed by atoms with Crippen LogP contribution in [0.4, 0.5) is 0 Å². The fourth-order valence-corrected chi connectivity index (χ4v) is 2.30. The maximum atomic E-state index is 11.0. The van der Waals surface area contributed by atoms with Crippen molar-refractivity contribution < 1.29 is 4.79 Å². The lowest BCUT2D eigenvalue weighted by Crippen LogP contribution is -2.42. The van der Waals surface area contributed by atoms with Gasteiger partial charge in [-0.25, -0.2) is 0 Å². The first kappa shape index (κ1) is 7.43. The third kappa shape index (κ3) is 1.25. The number of nitrogens with one attached hydrogen (secondary N) is 1. The lowest BCUT2D eigenvalue weighted by molar-refractivity contribution is -0.119. The largest absolute Gasteiger partial charge is 0.349 e. The number of nitrogens with zero attached hydrogens (tertiary/aromatic N) is 1. The summed E-state index contributed by atoms with van der Waals surface area (Å²) in [5.41, 5.74) is 0.0822. The monoisotopic (exact) mass is 172 g/mol. The zero-order valence-electron chi connectivity index (χ0n) is 6.34. The van der Waals surface area contributed by atoms with Gasteiger partial charge in [-0.1, -0.05) is 12.8 Å². The molecule has 0 aromatic rings. The summed E-state index contributed by atoms with van der Waals surface area (Å²) in [5, 5.41) is 3.03. The molecule has 11 heavy (non-hydrogen) atoms. The van der Waals surface area contributed by atoms with E-state index in [0.717, 1.165) is 25.9 Å². The number of carbonyl (C=O) groups excluding carboxylic acids is 1. The van der Waals surface area contributed by atoms with Crippen molar-refractivity contribution in [3.8, 4) is 0 Å². The molecule has 2 fully saturated rings. The first-order valence-corrected chi connectivity index (χ1v) is 4.35. The second-order valence-corrected chi connectivity index (χ2v) is 4.03. The highest BCUT2D eigenvalue weighted by Gasteiger charge is 2.42. The van der Waals surface area contributed by atoms with E-state index in [0.29, 0.717) is 6.42 Å². The topological polar surface area (TPSA) is 32.3 Å². The number of amides is 1. The number of rotatable bonds is 0. The molecule has 2 heterocycles. The second-order valence-electron chi connectivity index (χ2n) is 3.47. The van der Waals surface area contributed by atoms with E-state index in [2.05, 4.69) is 18.1 Å². The summed E-state index contributed by atoms with van der Waals surface area (Å²) >= 11 is 4.25. The average molecular weight is 172 g/mol. The van der Waals surface area contributed by atoms with Crippen molar-refractivity contribution in [2.75, 3.05) is 13.1 Å². The Morgan fingerprint density at radius 1 is 1.55 bits per heavy atom. The Balaban J connectivity index is 2.07. The Morgan fingerprint density at radius 3 is 2.82 bits per heavy atom. The average Bonchev–Trinajstić information content (AvgIpc) is 2.44. The van der Waals surface area contributed by atoms with Gasteiger partial charge in [-0.05, 0) is 12.8 Å². The summed E-state index contributed by atoms with van der Waals surface area (Å²) in [6.45, 7) is 1.89. The van der Waals surface area contributed by atoms with Crippen LogP contribution in [0.5, 0.6) is 0 Å². The maximum Gasteiger partial charge on any atom is 0.220 e. The predicted octanol–water partition coefficient (Wildman–Crippen LogP) is 0.186. The van der Waals surface area contributed by atoms with Gasteiger partial charge in [0.25, 0.3) is 0 Å². The maximum absolute atomic E-state index is 11.0. The van der Waals surface area contributed by atoms with E-state index in [1.165, 1.54) is 0 Å². The van der Waals surface area contributed by atoms with Gasteiger partial charge >= 0.3 is 0 Å². The Labute approximate surface area is 71.7 Å². The molecule has 1 unspecified atom stereocenters. The molecule has 1 atom stereocenters. The van der Waals surface area contributed by atoms with Gasteiger partial charge in [0.15, 0.2) is 0 Å². The van der Waals surface area contributed by atoms with Gasteiger partial charge in [-0.15, -0.1) is 0 Å². The van der Waals surface area contributed by atoms with Crippen LogP contribution in [0, 0.1) is 0 Å². The lowest BCUT2D eigenvalue weighted by Gasteiger charge is -2.21. The van der Waals surface area contributed by atoms with Crippen LogP contribution in [0.15, 0.2) is 0 Å². The van der Waals surface area contributed by atoms with E-state index in [4.69, 9.17) is 0 Å². The first-order chi connectivity index (χ1) is 5.20. The Hall–Kier alpha value is -0.220. The summed E-state index contributed by atoms with van der Waals surface area (Å²) in [5.74, 6) is 0.202. The molecule has 1 spiro atoms. The molecular formula is C7H12N2OS.